The number of hydrogen-bond donors (Lipinski definition) is 4. The first-order chi connectivity index (χ1) is 9.45. The first-order valence-electron chi connectivity index (χ1n) is 5.77. The van der Waals surface area contributed by atoms with Crippen LogP contribution in [0.5, 0.6) is 0 Å². The zero-order valence-electron chi connectivity index (χ0n) is 10.9. The predicted octanol–water partition coefficient (Wildman–Crippen LogP) is 0.281. The lowest BCUT2D eigenvalue weighted by Gasteiger charge is -2.11. The van der Waals surface area contributed by atoms with Gasteiger partial charge in [-0.05, 0) is 12.1 Å². The number of rotatable bonds is 7. The average molecular weight is 285 g/mol. The van der Waals surface area contributed by atoms with E-state index in [-0.39, 0.29) is 23.8 Å². The number of nitrogens with one attached hydrogen (secondary N) is 2. The third-order valence-electron chi connectivity index (χ3n) is 2.44. The van der Waals surface area contributed by atoms with Crippen molar-refractivity contribution in [3.8, 4) is 0 Å². The smallest absolute Gasteiger partial charge is 0.338 e. The zero-order valence-corrected chi connectivity index (χ0v) is 10.9. The Morgan fingerprint density at radius 1 is 1.45 bits per heavy atom. The van der Waals surface area contributed by atoms with Crippen LogP contribution in [0.3, 0.4) is 0 Å². The van der Waals surface area contributed by atoms with Crippen LogP contribution < -0.4 is 16.4 Å². The quantitative estimate of drug-likeness (QED) is 0.423. The number of nitrogens with two attached hydrogens (primary N) is 1. The fourth-order valence-corrected chi connectivity index (χ4v) is 1.44. The molecule has 5 N–H and O–H groups in total. The standard InChI is InChI=1S/C12H16FN3O4/c1-20-3-2-15-11(17)6-16-10-5-8(13)7(12(18)19)4-9(10)14/h4-5,16H,2-3,6,14H2,1H3,(H,15,17)(H,18,19). The van der Waals surface area contributed by atoms with Gasteiger partial charge in [-0.25, -0.2) is 9.18 Å². The highest BCUT2D eigenvalue weighted by Gasteiger charge is 2.14. The maximum Gasteiger partial charge on any atom is 0.338 e. The molecule has 0 fully saturated rings. The number of benzene rings is 1. The summed E-state index contributed by atoms with van der Waals surface area (Å²) in [5.41, 5.74) is 5.29. The van der Waals surface area contributed by atoms with Gasteiger partial charge in [0.1, 0.15) is 5.82 Å². The number of methoxy groups -OCH3 is 1. The first-order valence-corrected chi connectivity index (χ1v) is 5.77. The second kappa shape index (κ2) is 7.29. The highest BCUT2D eigenvalue weighted by molar-refractivity contribution is 5.91. The lowest BCUT2D eigenvalue weighted by atomic mass is 10.1. The Morgan fingerprint density at radius 3 is 2.75 bits per heavy atom. The Hall–Kier alpha value is -2.35. The van der Waals surface area contributed by atoms with E-state index in [4.69, 9.17) is 15.6 Å². The van der Waals surface area contributed by atoms with Crippen molar-refractivity contribution in [3.63, 3.8) is 0 Å². The maximum absolute atomic E-state index is 13.5. The third-order valence-corrected chi connectivity index (χ3v) is 2.44. The monoisotopic (exact) mass is 285 g/mol. The van der Waals surface area contributed by atoms with Gasteiger partial charge >= 0.3 is 5.97 Å². The molecule has 0 atom stereocenters. The largest absolute Gasteiger partial charge is 0.478 e. The van der Waals surface area contributed by atoms with E-state index in [0.717, 1.165) is 12.1 Å². The number of carbonyl (C=O) groups excluding carboxylic acids is 1. The molecule has 1 amide bonds. The van der Waals surface area contributed by atoms with Crippen LogP contribution in [0.1, 0.15) is 10.4 Å². The Balaban J connectivity index is 2.63. The van der Waals surface area contributed by atoms with Gasteiger partial charge in [0.25, 0.3) is 0 Å². The summed E-state index contributed by atoms with van der Waals surface area (Å²) in [7, 11) is 1.51. The lowest BCUT2D eigenvalue weighted by Crippen LogP contribution is -2.32. The number of carboxylic acid groups (broad SMARTS) is 1. The van der Waals surface area contributed by atoms with Crippen molar-refractivity contribution < 1.29 is 23.8 Å². The molecule has 8 heteroatoms. The summed E-state index contributed by atoms with van der Waals surface area (Å²) in [6.07, 6.45) is 0. The summed E-state index contributed by atoms with van der Waals surface area (Å²) >= 11 is 0. The molecule has 20 heavy (non-hydrogen) atoms. The van der Waals surface area contributed by atoms with Gasteiger partial charge in [-0.3, -0.25) is 4.79 Å². The molecule has 0 heterocycles. The molecule has 0 saturated heterocycles. The molecule has 1 aromatic carbocycles. The summed E-state index contributed by atoms with van der Waals surface area (Å²) in [4.78, 5) is 22.1. The summed E-state index contributed by atoms with van der Waals surface area (Å²) < 4.78 is 18.2. The van der Waals surface area contributed by atoms with Crippen molar-refractivity contribution in [1.82, 2.24) is 5.32 Å². The molecule has 0 aliphatic carbocycles. The van der Waals surface area contributed by atoms with E-state index < -0.39 is 17.3 Å². The van der Waals surface area contributed by atoms with Crippen LogP contribution in [0.15, 0.2) is 12.1 Å². The SMILES string of the molecule is COCCNC(=O)CNc1cc(F)c(C(=O)O)cc1N. The van der Waals surface area contributed by atoms with Gasteiger partial charge in [0.15, 0.2) is 0 Å². The molecule has 0 radical (unpaired) electrons. The van der Waals surface area contributed by atoms with Crippen LogP contribution in [0.25, 0.3) is 0 Å². The Morgan fingerprint density at radius 2 is 2.15 bits per heavy atom. The highest BCUT2D eigenvalue weighted by atomic mass is 19.1. The van der Waals surface area contributed by atoms with E-state index >= 15 is 0 Å². The van der Waals surface area contributed by atoms with Gasteiger partial charge < -0.3 is 26.2 Å². The molecule has 0 aromatic heterocycles. The minimum absolute atomic E-state index is 0.0495. The second-order valence-corrected chi connectivity index (χ2v) is 3.92. The molecule has 7 nitrogen and oxygen atoms in total. The average Bonchev–Trinajstić information content (AvgIpc) is 2.39. The van der Waals surface area contributed by atoms with E-state index in [0.29, 0.717) is 13.2 Å². The fraction of sp³-hybridized carbons (Fsp3) is 0.333. The van der Waals surface area contributed by atoms with Gasteiger partial charge in [-0.1, -0.05) is 0 Å². The van der Waals surface area contributed by atoms with Crippen LogP contribution in [0.2, 0.25) is 0 Å². The number of ether oxygens (including phenoxy) is 1. The van der Waals surface area contributed by atoms with Crippen LogP contribution in [0.4, 0.5) is 15.8 Å². The van der Waals surface area contributed by atoms with Gasteiger partial charge in [-0.15, -0.1) is 0 Å². The number of carboxylic acids is 1. The topological polar surface area (TPSA) is 114 Å². The normalized spacial score (nSPS) is 10.1. The number of amides is 1. The Labute approximate surface area is 114 Å². The van der Waals surface area contributed by atoms with E-state index in [1.165, 1.54) is 7.11 Å². The lowest BCUT2D eigenvalue weighted by molar-refractivity contribution is -0.119. The molecule has 0 aliphatic heterocycles. The maximum atomic E-state index is 13.5. The summed E-state index contributed by atoms with van der Waals surface area (Å²) in [6, 6.07) is 1.95. The van der Waals surface area contributed by atoms with Crippen molar-refractivity contribution in [2.45, 2.75) is 0 Å². The Bertz CT molecular complexity index is 508. The molecule has 0 unspecified atom stereocenters. The number of carbonyl (C=O) groups is 2. The second-order valence-electron chi connectivity index (χ2n) is 3.92. The van der Waals surface area contributed by atoms with E-state index in [1.807, 2.05) is 0 Å². The summed E-state index contributed by atoms with van der Waals surface area (Å²) in [5.74, 6) is -2.64. The van der Waals surface area contributed by atoms with Gasteiger partial charge in [0, 0.05) is 13.7 Å². The molecule has 110 valence electrons. The van der Waals surface area contributed by atoms with Crippen LogP contribution in [-0.2, 0) is 9.53 Å². The number of halogens is 1. The number of nitrogen functional groups attached to an aromatic ring is 1. The van der Waals surface area contributed by atoms with E-state index in [2.05, 4.69) is 10.6 Å². The molecule has 0 bridgehead atoms. The fourth-order valence-electron chi connectivity index (χ4n) is 1.44. The van der Waals surface area contributed by atoms with Crippen molar-refractivity contribution in [1.29, 1.82) is 0 Å². The molecule has 0 aliphatic rings. The van der Waals surface area contributed by atoms with Crippen LogP contribution >= 0.6 is 0 Å². The zero-order chi connectivity index (χ0) is 15.1. The molecule has 0 spiro atoms. The van der Waals surface area contributed by atoms with Gasteiger partial charge in [0.05, 0.1) is 30.1 Å². The van der Waals surface area contributed by atoms with Crippen molar-refractivity contribution in [2.24, 2.45) is 0 Å². The third kappa shape index (κ3) is 4.39. The van der Waals surface area contributed by atoms with Crippen molar-refractivity contribution >= 4 is 23.3 Å². The number of hydrogen-bond acceptors (Lipinski definition) is 5. The molecule has 0 saturated carbocycles. The first kappa shape index (κ1) is 15.7. The highest BCUT2D eigenvalue weighted by Crippen LogP contribution is 2.22. The summed E-state index contributed by atoms with van der Waals surface area (Å²) in [6.45, 7) is 0.633. The minimum atomic E-state index is -1.40. The Kier molecular flexibility index (Phi) is 5.73. The van der Waals surface area contributed by atoms with Crippen molar-refractivity contribution in [2.75, 3.05) is 37.9 Å². The molecule has 1 rings (SSSR count). The molecular formula is C12H16FN3O4. The predicted molar refractivity (Wildman–Crippen MR) is 71.1 cm³/mol. The minimum Gasteiger partial charge on any atom is -0.478 e. The molecule has 1 aromatic rings. The summed E-state index contributed by atoms with van der Waals surface area (Å²) in [5, 5.41) is 13.9. The number of anilines is 2. The number of aromatic carboxylic acids is 1. The molecular weight excluding hydrogens is 269 g/mol. The van der Waals surface area contributed by atoms with Crippen LogP contribution in [-0.4, -0.2) is 43.8 Å². The van der Waals surface area contributed by atoms with Gasteiger partial charge in [-0.2, -0.15) is 0 Å². The van der Waals surface area contributed by atoms with Crippen LogP contribution in [0, 0.1) is 5.82 Å². The van der Waals surface area contributed by atoms with Gasteiger partial charge in [0.2, 0.25) is 5.91 Å². The van der Waals surface area contributed by atoms with Crippen molar-refractivity contribution in [3.05, 3.63) is 23.5 Å². The van der Waals surface area contributed by atoms with E-state index in [1.54, 1.807) is 0 Å². The van der Waals surface area contributed by atoms with E-state index in [9.17, 15) is 14.0 Å².